The van der Waals surface area contributed by atoms with Gasteiger partial charge < -0.3 is 14.8 Å². The van der Waals surface area contributed by atoms with E-state index < -0.39 is 12.0 Å². The number of nitrogens with one attached hydrogen (secondary N) is 1. The lowest BCUT2D eigenvalue weighted by atomic mass is 10.0. The van der Waals surface area contributed by atoms with E-state index in [9.17, 15) is 9.59 Å². The summed E-state index contributed by atoms with van der Waals surface area (Å²) in [6.45, 7) is 6.30. The van der Waals surface area contributed by atoms with Crippen LogP contribution in [0.25, 0.3) is 0 Å². The van der Waals surface area contributed by atoms with Crippen molar-refractivity contribution in [3.63, 3.8) is 0 Å². The molecular weight excluding hydrogens is 342 g/mol. The Morgan fingerprint density at radius 3 is 2.33 bits per heavy atom. The first-order chi connectivity index (χ1) is 13.0. The third-order valence-electron chi connectivity index (χ3n) is 4.09. The molecule has 1 atom stereocenters. The second-order valence-corrected chi connectivity index (χ2v) is 6.60. The normalized spacial score (nSPS) is 11.7. The summed E-state index contributed by atoms with van der Waals surface area (Å²) in [4.78, 5) is 24.8. The molecule has 0 bridgehead atoms. The first-order valence-electron chi connectivity index (χ1n) is 9.22. The Balaban J connectivity index is 1.95. The lowest BCUT2D eigenvalue weighted by Crippen LogP contribution is -2.45. The molecule has 0 fully saturated rings. The molecule has 0 aliphatic carbocycles. The molecule has 5 nitrogen and oxygen atoms in total. The second-order valence-electron chi connectivity index (χ2n) is 6.60. The van der Waals surface area contributed by atoms with Crippen LogP contribution < -0.4 is 10.1 Å². The van der Waals surface area contributed by atoms with Crippen LogP contribution in [0.15, 0.2) is 54.6 Å². The smallest absolute Gasteiger partial charge is 0.329 e. The molecule has 0 aromatic heterocycles. The fourth-order valence-corrected chi connectivity index (χ4v) is 2.66. The number of hydrogen-bond donors (Lipinski definition) is 1. The predicted octanol–water partition coefficient (Wildman–Crippen LogP) is 3.51. The van der Waals surface area contributed by atoms with Crippen LogP contribution in [0.1, 0.15) is 31.9 Å². The van der Waals surface area contributed by atoms with E-state index >= 15 is 0 Å². The van der Waals surface area contributed by atoms with Crippen LogP contribution in [0.4, 0.5) is 0 Å². The van der Waals surface area contributed by atoms with Gasteiger partial charge in [0.05, 0.1) is 13.0 Å². The molecule has 0 saturated carbocycles. The van der Waals surface area contributed by atoms with E-state index in [0.29, 0.717) is 12.4 Å². The highest BCUT2D eigenvalue weighted by atomic mass is 16.5. The van der Waals surface area contributed by atoms with E-state index in [2.05, 4.69) is 5.32 Å². The third-order valence-corrected chi connectivity index (χ3v) is 4.09. The van der Waals surface area contributed by atoms with Crippen molar-refractivity contribution >= 4 is 11.9 Å². The fourth-order valence-electron chi connectivity index (χ4n) is 2.66. The van der Waals surface area contributed by atoms with Gasteiger partial charge in [0.25, 0.3) is 0 Å². The van der Waals surface area contributed by atoms with Crippen molar-refractivity contribution in [3.05, 3.63) is 65.7 Å². The molecule has 2 aromatic rings. The molecule has 144 valence electrons. The minimum absolute atomic E-state index is 0.0839. The van der Waals surface area contributed by atoms with Gasteiger partial charge in [0.1, 0.15) is 18.4 Å². The van der Waals surface area contributed by atoms with Crippen molar-refractivity contribution in [2.24, 2.45) is 5.92 Å². The van der Waals surface area contributed by atoms with Gasteiger partial charge in [-0.25, -0.2) is 4.79 Å². The summed E-state index contributed by atoms with van der Waals surface area (Å²) >= 11 is 0. The summed E-state index contributed by atoms with van der Waals surface area (Å²) in [5.41, 5.74) is 1.70. The summed E-state index contributed by atoms with van der Waals surface area (Å²) < 4.78 is 11.0. The second kappa shape index (κ2) is 10.4. The molecule has 0 aliphatic rings. The van der Waals surface area contributed by atoms with E-state index in [4.69, 9.17) is 9.47 Å². The quantitative estimate of drug-likeness (QED) is 0.687. The maximum atomic E-state index is 12.5. The number of rotatable bonds is 9. The number of para-hydroxylation sites is 1. The first kappa shape index (κ1) is 20.5. The van der Waals surface area contributed by atoms with Crippen molar-refractivity contribution in [2.75, 3.05) is 6.61 Å². The number of carbonyl (C=O) groups excluding carboxylic acids is 2. The molecular formula is C22H27NO4. The van der Waals surface area contributed by atoms with E-state index in [-0.39, 0.29) is 24.9 Å². The summed E-state index contributed by atoms with van der Waals surface area (Å²) in [5.74, 6) is -0.0364. The standard InChI is InChI=1S/C22H27NO4/c1-4-26-19-13-9-8-12-18(19)15-27-22(25)21(16(2)3)23-20(24)14-17-10-6-5-7-11-17/h5-13,16,21H,4,14-15H2,1-3H3,(H,23,24). The van der Waals surface area contributed by atoms with Crippen molar-refractivity contribution in [1.29, 1.82) is 0 Å². The van der Waals surface area contributed by atoms with Gasteiger partial charge in [0.15, 0.2) is 0 Å². The summed E-state index contributed by atoms with van der Waals surface area (Å²) in [6.07, 6.45) is 0.227. The molecule has 2 aromatic carbocycles. The van der Waals surface area contributed by atoms with Crippen LogP contribution in [0, 0.1) is 5.92 Å². The lowest BCUT2D eigenvalue weighted by Gasteiger charge is -2.21. The monoisotopic (exact) mass is 369 g/mol. The SMILES string of the molecule is CCOc1ccccc1COC(=O)C(NC(=O)Cc1ccccc1)C(C)C. The van der Waals surface area contributed by atoms with Gasteiger partial charge in [-0.15, -0.1) is 0 Å². The molecule has 1 unspecified atom stereocenters. The third kappa shape index (κ3) is 6.44. The molecule has 0 aliphatic heterocycles. The number of hydrogen-bond acceptors (Lipinski definition) is 4. The zero-order valence-corrected chi connectivity index (χ0v) is 16.1. The number of benzene rings is 2. The van der Waals surface area contributed by atoms with Crippen LogP contribution in [-0.4, -0.2) is 24.5 Å². The van der Waals surface area contributed by atoms with Crippen molar-refractivity contribution < 1.29 is 19.1 Å². The van der Waals surface area contributed by atoms with Gasteiger partial charge in [0.2, 0.25) is 5.91 Å². The number of carbonyl (C=O) groups is 2. The Hall–Kier alpha value is -2.82. The Labute approximate surface area is 160 Å². The molecule has 0 radical (unpaired) electrons. The van der Waals surface area contributed by atoms with Gasteiger partial charge in [-0.2, -0.15) is 0 Å². The van der Waals surface area contributed by atoms with Gasteiger partial charge in [-0.1, -0.05) is 62.4 Å². The number of amides is 1. The van der Waals surface area contributed by atoms with Gasteiger partial charge in [0, 0.05) is 5.56 Å². The van der Waals surface area contributed by atoms with Crippen LogP contribution in [0.5, 0.6) is 5.75 Å². The minimum Gasteiger partial charge on any atom is -0.493 e. The largest absolute Gasteiger partial charge is 0.493 e. The van der Waals surface area contributed by atoms with E-state index in [1.165, 1.54) is 0 Å². The number of esters is 1. The molecule has 27 heavy (non-hydrogen) atoms. The topological polar surface area (TPSA) is 64.6 Å². The lowest BCUT2D eigenvalue weighted by molar-refractivity contribution is -0.150. The maximum absolute atomic E-state index is 12.5. The van der Waals surface area contributed by atoms with Crippen LogP contribution in [-0.2, 0) is 27.4 Å². The highest BCUT2D eigenvalue weighted by Gasteiger charge is 2.26. The Bertz CT molecular complexity index is 743. The zero-order valence-electron chi connectivity index (χ0n) is 16.1. The van der Waals surface area contributed by atoms with Crippen LogP contribution in [0.2, 0.25) is 0 Å². The van der Waals surface area contributed by atoms with Gasteiger partial charge in [-0.3, -0.25) is 4.79 Å². The van der Waals surface area contributed by atoms with E-state index in [0.717, 1.165) is 11.1 Å². The molecule has 1 amide bonds. The van der Waals surface area contributed by atoms with E-state index in [1.807, 2.05) is 75.4 Å². The molecule has 0 spiro atoms. The zero-order chi connectivity index (χ0) is 19.6. The Morgan fingerprint density at radius 2 is 1.67 bits per heavy atom. The van der Waals surface area contributed by atoms with Crippen molar-refractivity contribution in [2.45, 2.75) is 39.8 Å². The fraction of sp³-hybridized carbons (Fsp3) is 0.364. The Kier molecular flexibility index (Phi) is 7.86. The van der Waals surface area contributed by atoms with Gasteiger partial charge in [-0.05, 0) is 24.5 Å². The highest BCUT2D eigenvalue weighted by Crippen LogP contribution is 2.19. The van der Waals surface area contributed by atoms with E-state index in [1.54, 1.807) is 0 Å². The average Bonchev–Trinajstić information content (AvgIpc) is 2.66. The highest BCUT2D eigenvalue weighted by molar-refractivity contribution is 5.85. The molecule has 0 heterocycles. The first-order valence-corrected chi connectivity index (χ1v) is 9.22. The summed E-state index contributed by atoms with van der Waals surface area (Å²) in [5, 5.41) is 2.80. The number of ether oxygens (including phenoxy) is 2. The van der Waals surface area contributed by atoms with Crippen LogP contribution in [0.3, 0.4) is 0 Å². The van der Waals surface area contributed by atoms with Crippen molar-refractivity contribution in [3.8, 4) is 5.75 Å². The minimum atomic E-state index is -0.694. The molecule has 2 rings (SSSR count). The Morgan fingerprint density at radius 1 is 1.00 bits per heavy atom. The molecule has 5 heteroatoms. The summed E-state index contributed by atoms with van der Waals surface area (Å²) in [6, 6.07) is 16.2. The molecule has 0 saturated heterocycles. The van der Waals surface area contributed by atoms with Crippen LogP contribution >= 0.6 is 0 Å². The van der Waals surface area contributed by atoms with Crippen molar-refractivity contribution in [1.82, 2.24) is 5.32 Å². The van der Waals surface area contributed by atoms with Gasteiger partial charge >= 0.3 is 5.97 Å². The average molecular weight is 369 g/mol. The molecule has 1 N–H and O–H groups in total. The predicted molar refractivity (Wildman–Crippen MR) is 104 cm³/mol. The maximum Gasteiger partial charge on any atom is 0.329 e. The summed E-state index contributed by atoms with van der Waals surface area (Å²) in [7, 11) is 0.